The predicted octanol–water partition coefficient (Wildman–Crippen LogP) is 5.44. The summed E-state index contributed by atoms with van der Waals surface area (Å²) in [5.74, 6) is -0.441. The van der Waals surface area contributed by atoms with Crippen molar-refractivity contribution in [2.45, 2.75) is 84.8 Å². The number of imidazole rings is 1. The first kappa shape index (κ1) is 23.5. The van der Waals surface area contributed by atoms with Crippen molar-refractivity contribution in [1.82, 2.24) is 9.55 Å². The van der Waals surface area contributed by atoms with Gasteiger partial charge in [0.25, 0.3) is 0 Å². The molecular weight excluding hydrogens is 392 g/mol. The highest BCUT2D eigenvalue weighted by atomic mass is 16.5. The van der Waals surface area contributed by atoms with E-state index in [-0.39, 0.29) is 24.2 Å². The second kappa shape index (κ2) is 10.4. The molecule has 1 fully saturated rings. The molecule has 1 N–H and O–H groups in total. The average molecular weight is 429 g/mol. The van der Waals surface area contributed by atoms with Crippen LogP contribution in [0.4, 0.5) is 0 Å². The minimum absolute atomic E-state index is 0.0229. The van der Waals surface area contributed by atoms with Crippen molar-refractivity contribution in [3.63, 3.8) is 0 Å². The van der Waals surface area contributed by atoms with E-state index in [9.17, 15) is 14.7 Å². The SMILES string of the molecule is CCC(CC)n1c(CC2CCCO2)nc2cc(C(=O)C[C@@H](CC(C)C)C(=O)O)ccc21. The number of aromatic nitrogens is 2. The van der Waals surface area contributed by atoms with E-state index in [1.807, 2.05) is 32.0 Å². The van der Waals surface area contributed by atoms with Gasteiger partial charge >= 0.3 is 5.97 Å². The number of carbonyl (C=O) groups is 2. The van der Waals surface area contributed by atoms with Crippen molar-refractivity contribution < 1.29 is 19.4 Å². The van der Waals surface area contributed by atoms with Gasteiger partial charge in [0.05, 0.1) is 23.1 Å². The minimum atomic E-state index is -0.903. The lowest BCUT2D eigenvalue weighted by Crippen LogP contribution is -2.20. The highest BCUT2D eigenvalue weighted by molar-refractivity contribution is 6.00. The summed E-state index contributed by atoms with van der Waals surface area (Å²) >= 11 is 0. The van der Waals surface area contributed by atoms with Crippen LogP contribution in [-0.4, -0.2) is 39.1 Å². The number of hydrogen-bond donors (Lipinski definition) is 1. The fourth-order valence-electron chi connectivity index (χ4n) is 4.72. The second-order valence-electron chi connectivity index (χ2n) is 9.20. The summed E-state index contributed by atoms with van der Waals surface area (Å²) < 4.78 is 8.18. The molecule has 170 valence electrons. The maximum Gasteiger partial charge on any atom is 0.306 e. The molecule has 1 aromatic carbocycles. The number of benzene rings is 1. The van der Waals surface area contributed by atoms with Crippen LogP contribution in [-0.2, 0) is 16.0 Å². The molecule has 1 unspecified atom stereocenters. The second-order valence-corrected chi connectivity index (χ2v) is 9.20. The van der Waals surface area contributed by atoms with Crippen LogP contribution in [0.1, 0.15) is 88.4 Å². The summed E-state index contributed by atoms with van der Waals surface area (Å²) in [5.41, 5.74) is 2.39. The summed E-state index contributed by atoms with van der Waals surface area (Å²) in [6.07, 6.45) is 5.68. The van der Waals surface area contributed by atoms with E-state index in [2.05, 4.69) is 18.4 Å². The van der Waals surface area contributed by atoms with Crippen molar-refractivity contribution in [3.05, 3.63) is 29.6 Å². The Morgan fingerprint density at radius 3 is 2.58 bits per heavy atom. The third-order valence-electron chi connectivity index (χ3n) is 6.36. The van der Waals surface area contributed by atoms with Gasteiger partial charge in [-0.25, -0.2) is 4.98 Å². The van der Waals surface area contributed by atoms with Gasteiger partial charge in [-0.15, -0.1) is 0 Å². The number of Topliss-reactive ketones (excluding diaryl/α,β-unsaturated/α-hetero) is 1. The maximum atomic E-state index is 12.9. The molecule has 31 heavy (non-hydrogen) atoms. The molecule has 6 nitrogen and oxygen atoms in total. The average Bonchev–Trinajstić information content (AvgIpc) is 3.36. The largest absolute Gasteiger partial charge is 0.481 e. The van der Waals surface area contributed by atoms with E-state index in [4.69, 9.17) is 9.72 Å². The number of hydrogen-bond acceptors (Lipinski definition) is 4. The molecule has 1 aliphatic rings. The number of rotatable bonds is 11. The lowest BCUT2D eigenvalue weighted by atomic mass is 9.90. The molecule has 2 aromatic rings. The normalized spacial score (nSPS) is 17.7. The topological polar surface area (TPSA) is 81.4 Å². The van der Waals surface area contributed by atoms with Gasteiger partial charge in [0.2, 0.25) is 0 Å². The van der Waals surface area contributed by atoms with E-state index in [0.29, 0.717) is 18.0 Å². The van der Waals surface area contributed by atoms with Crippen LogP contribution in [0.25, 0.3) is 11.0 Å². The van der Waals surface area contributed by atoms with Gasteiger partial charge < -0.3 is 14.4 Å². The Labute approximate surface area is 185 Å². The minimum Gasteiger partial charge on any atom is -0.481 e. The molecule has 1 saturated heterocycles. The van der Waals surface area contributed by atoms with Gasteiger partial charge in [-0.2, -0.15) is 0 Å². The number of carboxylic acids is 1. The summed E-state index contributed by atoms with van der Waals surface area (Å²) in [5, 5.41) is 9.50. The van der Waals surface area contributed by atoms with E-state index < -0.39 is 11.9 Å². The first-order valence-electron chi connectivity index (χ1n) is 11.7. The molecule has 1 aromatic heterocycles. The predicted molar refractivity (Wildman–Crippen MR) is 122 cm³/mol. The number of carbonyl (C=O) groups excluding carboxylic acids is 1. The Morgan fingerprint density at radius 1 is 1.26 bits per heavy atom. The molecule has 0 amide bonds. The fourth-order valence-corrected chi connectivity index (χ4v) is 4.72. The third-order valence-corrected chi connectivity index (χ3v) is 6.36. The Balaban J connectivity index is 1.91. The Kier molecular flexibility index (Phi) is 7.87. The van der Waals surface area contributed by atoms with Gasteiger partial charge in [0.15, 0.2) is 5.78 Å². The van der Waals surface area contributed by atoms with E-state index in [1.54, 1.807) is 0 Å². The van der Waals surface area contributed by atoms with Gasteiger partial charge in [0, 0.05) is 31.1 Å². The van der Waals surface area contributed by atoms with Crippen molar-refractivity contribution >= 4 is 22.8 Å². The van der Waals surface area contributed by atoms with Crippen molar-refractivity contribution in [1.29, 1.82) is 0 Å². The zero-order valence-corrected chi connectivity index (χ0v) is 19.3. The highest BCUT2D eigenvalue weighted by Gasteiger charge is 2.25. The Bertz CT molecular complexity index is 908. The number of fused-ring (bicyclic) bond motifs is 1. The molecule has 6 heteroatoms. The maximum absolute atomic E-state index is 12.9. The molecule has 2 heterocycles. The standard InChI is InChI=1S/C25H36N2O4/c1-5-19(6-2)27-22-10-9-17(23(28)14-18(25(29)30)12-16(3)4)13-21(22)26-24(27)15-20-8-7-11-31-20/h9-10,13,16,18-20H,5-8,11-12,14-15H2,1-4H3,(H,29,30)/t18-,20?/m1/s1. The molecule has 0 radical (unpaired) electrons. The van der Waals surface area contributed by atoms with Gasteiger partial charge in [-0.3, -0.25) is 9.59 Å². The lowest BCUT2D eigenvalue weighted by Gasteiger charge is -2.20. The Morgan fingerprint density at radius 2 is 2.00 bits per heavy atom. The van der Waals surface area contributed by atoms with Gasteiger partial charge in [-0.1, -0.05) is 27.7 Å². The van der Waals surface area contributed by atoms with Crippen LogP contribution in [0.2, 0.25) is 0 Å². The number of ether oxygens (including phenoxy) is 1. The highest BCUT2D eigenvalue weighted by Crippen LogP contribution is 2.29. The number of carboxylic acid groups (broad SMARTS) is 1. The van der Waals surface area contributed by atoms with Crippen molar-refractivity contribution in [2.75, 3.05) is 6.61 Å². The first-order valence-corrected chi connectivity index (χ1v) is 11.7. The molecule has 0 spiro atoms. The molecule has 0 bridgehead atoms. The van der Waals surface area contributed by atoms with Crippen LogP contribution in [0.5, 0.6) is 0 Å². The number of nitrogens with zero attached hydrogens (tertiary/aromatic N) is 2. The summed E-state index contributed by atoms with van der Waals surface area (Å²) in [6.45, 7) is 9.15. The molecule has 1 aliphatic heterocycles. The van der Waals surface area contributed by atoms with Gasteiger partial charge in [0.1, 0.15) is 5.82 Å². The number of ketones is 1. The summed E-state index contributed by atoms with van der Waals surface area (Å²) in [4.78, 5) is 29.4. The summed E-state index contributed by atoms with van der Waals surface area (Å²) in [6, 6.07) is 6.00. The molecule has 3 rings (SSSR count). The number of aliphatic carboxylic acids is 1. The zero-order chi connectivity index (χ0) is 22.5. The molecule has 0 saturated carbocycles. The fraction of sp³-hybridized carbons (Fsp3) is 0.640. The van der Waals surface area contributed by atoms with E-state index >= 15 is 0 Å². The van der Waals surface area contributed by atoms with E-state index in [1.165, 1.54) is 0 Å². The lowest BCUT2D eigenvalue weighted by molar-refractivity contribution is -0.142. The van der Waals surface area contributed by atoms with Crippen LogP contribution < -0.4 is 0 Å². The molecule has 2 atom stereocenters. The van der Waals surface area contributed by atoms with Crippen LogP contribution in [0.3, 0.4) is 0 Å². The van der Waals surface area contributed by atoms with Crippen molar-refractivity contribution in [2.24, 2.45) is 11.8 Å². The smallest absolute Gasteiger partial charge is 0.306 e. The van der Waals surface area contributed by atoms with Crippen LogP contribution in [0.15, 0.2) is 18.2 Å². The molecule has 0 aliphatic carbocycles. The van der Waals surface area contributed by atoms with Crippen LogP contribution in [0, 0.1) is 11.8 Å². The third kappa shape index (κ3) is 5.53. The molecular formula is C25H36N2O4. The van der Waals surface area contributed by atoms with E-state index in [0.717, 1.165) is 55.6 Å². The Hall–Kier alpha value is -2.21. The quantitative estimate of drug-likeness (QED) is 0.482. The first-order chi connectivity index (χ1) is 14.8. The zero-order valence-electron chi connectivity index (χ0n) is 19.3. The van der Waals surface area contributed by atoms with Gasteiger partial charge in [-0.05, 0) is 56.2 Å². The van der Waals surface area contributed by atoms with Crippen LogP contribution >= 0.6 is 0 Å². The monoisotopic (exact) mass is 428 g/mol. The summed E-state index contributed by atoms with van der Waals surface area (Å²) in [7, 11) is 0. The van der Waals surface area contributed by atoms with Crippen molar-refractivity contribution in [3.8, 4) is 0 Å².